The number of ketones is 1. The molecule has 0 radical (unpaired) electrons. The highest BCUT2D eigenvalue weighted by molar-refractivity contribution is 6.06. The maximum Gasteiger partial charge on any atom is 0.354 e. The first-order valence-electron chi connectivity index (χ1n) is 10.4. The van der Waals surface area contributed by atoms with Crippen LogP contribution in [0.2, 0.25) is 0 Å². The number of hydrogen-bond donors (Lipinski definition) is 1. The average Bonchev–Trinajstić information content (AvgIpc) is 2.89. The van der Waals surface area contributed by atoms with Crippen LogP contribution in [-0.4, -0.2) is 53.0 Å². The summed E-state index contributed by atoms with van der Waals surface area (Å²) in [4.78, 5) is 40.1. The van der Waals surface area contributed by atoms with Gasteiger partial charge in [-0.15, -0.1) is 0 Å². The Labute approximate surface area is 174 Å². The van der Waals surface area contributed by atoms with Gasteiger partial charge in [-0.1, -0.05) is 13.8 Å². The zero-order valence-electron chi connectivity index (χ0n) is 19.4. The minimum atomic E-state index is -0.650. The van der Waals surface area contributed by atoms with E-state index in [9.17, 15) is 14.4 Å². The van der Waals surface area contributed by atoms with Crippen LogP contribution in [0.4, 0.5) is 4.79 Å². The fourth-order valence-corrected chi connectivity index (χ4v) is 3.56. The summed E-state index contributed by atoms with van der Waals surface area (Å²) in [6.45, 7) is 16.3. The zero-order chi connectivity index (χ0) is 22.5. The summed E-state index contributed by atoms with van der Waals surface area (Å²) in [5, 5.41) is 2.89. The molecule has 0 saturated heterocycles. The van der Waals surface area contributed by atoms with Gasteiger partial charge in [0.1, 0.15) is 5.69 Å². The topological polar surface area (TPSA) is 80.6 Å². The Bertz CT molecular complexity index is 750. The van der Waals surface area contributed by atoms with E-state index in [0.29, 0.717) is 35.8 Å². The molecule has 7 heteroatoms. The summed E-state index contributed by atoms with van der Waals surface area (Å²) in [6, 6.07) is -0.926. The van der Waals surface area contributed by atoms with Crippen molar-refractivity contribution in [3.63, 3.8) is 0 Å². The molecule has 0 bridgehead atoms. The lowest BCUT2D eigenvalue weighted by molar-refractivity contribution is 0.0587. The summed E-state index contributed by atoms with van der Waals surface area (Å²) in [6.07, 6.45) is 0.796. The van der Waals surface area contributed by atoms with Crippen molar-refractivity contribution in [2.45, 2.75) is 80.4 Å². The first-order chi connectivity index (χ1) is 13.5. The second-order valence-corrected chi connectivity index (χ2v) is 8.19. The fraction of sp³-hybridized carbons (Fsp3) is 0.682. The third-order valence-electron chi connectivity index (χ3n) is 5.18. The highest BCUT2D eigenvalue weighted by atomic mass is 16.5. The van der Waals surface area contributed by atoms with E-state index in [2.05, 4.69) is 19.2 Å². The third-order valence-corrected chi connectivity index (χ3v) is 5.18. The van der Waals surface area contributed by atoms with Gasteiger partial charge in [0.25, 0.3) is 0 Å². The van der Waals surface area contributed by atoms with Crippen LogP contribution >= 0.6 is 0 Å². The number of nitrogens with zero attached hydrogens (tertiary/aromatic N) is 2. The SMILES string of the molecule is CCn1c(C)c(C(=O)C(C)N(CCC(C)C)C(=O)NC(C)C)c(C)c1C(=O)OC. The van der Waals surface area contributed by atoms with Gasteiger partial charge in [-0.25, -0.2) is 9.59 Å². The number of Topliss-reactive ketones (excluding diaryl/α,β-unsaturated/α-hetero) is 1. The maximum atomic E-state index is 13.5. The molecule has 0 aliphatic heterocycles. The van der Waals surface area contributed by atoms with Crippen LogP contribution in [0.3, 0.4) is 0 Å². The standard InChI is InChI=1S/C22H37N3O4/c1-10-24-16(7)18(15(6)19(24)21(27)29-9)20(26)17(8)25(12-11-13(2)3)22(28)23-14(4)5/h13-14,17H,10-12H2,1-9H3,(H,23,28). The van der Waals surface area contributed by atoms with Crippen molar-refractivity contribution in [1.29, 1.82) is 0 Å². The third kappa shape index (κ3) is 5.61. The van der Waals surface area contributed by atoms with Crippen molar-refractivity contribution in [3.8, 4) is 0 Å². The highest BCUT2D eigenvalue weighted by Crippen LogP contribution is 2.26. The van der Waals surface area contributed by atoms with E-state index in [1.165, 1.54) is 7.11 Å². The van der Waals surface area contributed by atoms with E-state index in [4.69, 9.17) is 4.74 Å². The molecular weight excluding hydrogens is 370 g/mol. The molecule has 1 heterocycles. The first-order valence-corrected chi connectivity index (χ1v) is 10.4. The van der Waals surface area contributed by atoms with E-state index in [-0.39, 0.29) is 17.9 Å². The largest absolute Gasteiger partial charge is 0.464 e. The van der Waals surface area contributed by atoms with Crippen LogP contribution in [0.1, 0.15) is 80.1 Å². The Kier molecular flexibility index (Phi) is 8.92. The van der Waals surface area contributed by atoms with Crippen LogP contribution < -0.4 is 5.32 Å². The number of urea groups is 1. The minimum Gasteiger partial charge on any atom is -0.464 e. The molecule has 0 spiro atoms. The molecule has 0 saturated carbocycles. The van der Waals surface area contributed by atoms with Crippen molar-refractivity contribution in [3.05, 3.63) is 22.5 Å². The van der Waals surface area contributed by atoms with E-state index < -0.39 is 12.0 Å². The predicted octanol–water partition coefficient (Wildman–Crippen LogP) is 3.95. The van der Waals surface area contributed by atoms with Crippen molar-refractivity contribution in [2.24, 2.45) is 5.92 Å². The lowest BCUT2D eigenvalue weighted by Crippen LogP contribution is -2.50. The zero-order valence-corrected chi connectivity index (χ0v) is 19.4. The molecule has 1 aromatic heterocycles. The molecule has 0 aliphatic rings. The molecule has 2 amide bonds. The molecule has 1 unspecified atom stereocenters. The molecule has 164 valence electrons. The number of rotatable bonds is 9. The highest BCUT2D eigenvalue weighted by Gasteiger charge is 2.32. The minimum absolute atomic E-state index is 0.0260. The van der Waals surface area contributed by atoms with Gasteiger partial charge in [-0.05, 0) is 59.4 Å². The average molecular weight is 408 g/mol. The van der Waals surface area contributed by atoms with Gasteiger partial charge >= 0.3 is 12.0 Å². The quantitative estimate of drug-likeness (QED) is 0.496. The molecule has 0 fully saturated rings. The molecule has 29 heavy (non-hydrogen) atoms. The van der Waals surface area contributed by atoms with E-state index in [1.807, 2.05) is 27.7 Å². The monoisotopic (exact) mass is 407 g/mol. The molecule has 1 aromatic rings. The summed E-state index contributed by atoms with van der Waals surface area (Å²) >= 11 is 0. The Morgan fingerprint density at radius 3 is 2.14 bits per heavy atom. The van der Waals surface area contributed by atoms with E-state index >= 15 is 0 Å². The van der Waals surface area contributed by atoms with Crippen molar-refractivity contribution >= 4 is 17.8 Å². The van der Waals surface area contributed by atoms with Crippen LogP contribution in [0.15, 0.2) is 0 Å². The lowest BCUT2D eigenvalue weighted by Gasteiger charge is -2.30. The summed E-state index contributed by atoms with van der Waals surface area (Å²) in [7, 11) is 1.33. The summed E-state index contributed by atoms with van der Waals surface area (Å²) < 4.78 is 6.72. The van der Waals surface area contributed by atoms with Gasteiger partial charge in [0, 0.05) is 30.4 Å². The van der Waals surface area contributed by atoms with Crippen LogP contribution in [-0.2, 0) is 11.3 Å². The number of hydrogen-bond acceptors (Lipinski definition) is 4. The summed E-state index contributed by atoms with van der Waals surface area (Å²) in [5.74, 6) is -0.226. The van der Waals surface area contributed by atoms with Gasteiger partial charge in [0.05, 0.1) is 13.2 Å². The maximum absolute atomic E-state index is 13.5. The van der Waals surface area contributed by atoms with Gasteiger partial charge in [-0.3, -0.25) is 4.79 Å². The number of amides is 2. The van der Waals surface area contributed by atoms with Crippen LogP contribution in [0.5, 0.6) is 0 Å². The number of carbonyl (C=O) groups excluding carboxylic acids is 3. The molecule has 1 rings (SSSR count). The lowest BCUT2D eigenvalue weighted by atomic mass is 9.99. The Morgan fingerprint density at radius 2 is 1.69 bits per heavy atom. The molecule has 0 aromatic carbocycles. The number of esters is 1. The number of aromatic nitrogens is 1. The fourth-order valence-electron chi connectivity index (χ4n) is 3.56. The molecule has 1 N–H and O–H groups in total. The Balaban J connectivity index is 3.36. The Morgan fingerprint density at radius 1 is 1.10 bits per heavy atom. The van der Waals surface area contributed by atoms with Crippen molar-refractivity contribution in [2.75, 3.05) is 13.7 Å². The number of ether oxygens (including phenoxy) is 1. The smallest absolute Gasteiger partial charge is 0.354 e. The second-order valence-electron chi connectivity index (χ2n) is 8.19. The van der Waals surface area contributed by atoms with E-state index in [1.54, 1.807) is 23.3 Å². The van der Waals surface area contributed by atoms with Gasteiger partial charge in [0.2, 0.25) is 0 Å². The molecule has 7 nitrogen and oxygen atoms in total. The van der Waals surface area contributed by atoms with Gasteiger partial charge in [0.15, 0.2) is 5.78 Å². The first kappa shape index (κ1) is 24.7. The normalized spacial score (nSPS) is 12.2. The van der Waals surface area contributed by atoms with Crippen molar-refractivity contribution in [1.82, 2.24) is 14.8 Å². The number of methoxy groups -OCH3 is 1. The van der Waals surface area contributed by atoms with E-state index in [0.717, 1.165) is 12.1 Å². The van der Waals surface area contributed by atoms with Crippen LogP contribution in [0.25, 0.3) is 0 Å². The number of carbonyl (C=O) groups is 3. The number of nitrogens with one attached hydrogen (secondary N) is 1. The summed E-state index contributed by atoms with van der Waals surface area (Å²) in [5.41, 5.74) is 2.20. The van der Waals surface area contributed by atoms with Crippen LogP contribution in [0, 0.1) is 19.8 Å². The molecule has 0 aliphatic carbocycles. The van der Waals surface area contributed by atoms with Crippen molar-refractivity contribution < 1.29 is 19.1 Å². The second kappa shape index (κ2) is 10.5. The molecular formula is C22H37N3O4. The molecule has 1 atom stereocenters. The Hall–Kier alpha value is -2.31. The van der Waals surface area contributed by atoms with Gasteiger partial charge in [-0.2, -0.15) is 0 Å². The predicted molar refractivity (Wildman–Crippen MR) is 115 cm³/mol. The van der Waals surface area contributed by atoms with Gasteiger partial charge < -0.3 is 19.5 Å².